The van der Waals surface area contributed by atoms with E-state index in [0.29, 0.717) is 6.04 Å². The van der Waals surface area contributed by atoms with Crippen LogP contribution in [0.2, 0.25) is 0 Å². The van der Waals surface area contributed by atoms with Crippen molar-refractivity contribution in [1.82, 2.24) is 5.32 Å². The third-order valence-corrected chi connectivity index (χ3v) is 4.15. The Morgan fingerprint density at radius 1 is 1.35 bits per heavy atom. The summed E-state index contributed by atoms with van der Waals surface area (Å²) in [7, 11) is 0. The molecule has 0 spiro atoms. The molecule has 0 bridgehead atoms. The third kappa shape index (κ3) is 3.32. The van der Waals surface area contributed by atoms with Gasteiger partial charge in [0.1, 0.15) is 0 Å². The van der Waals surface area contributed by atoms with Gasteiger partial charge in [0.05, 0.1) is 0 Å². The molecular formula is C16H25N. The molecule has 1 saturated carbocycles. The molecule has 0 amide bonds. The highest BCUT2D eigenvalue weighted by atomic mass is 14.9. The first-order chi connectivity index (χ1) is 8.19. The zero-order valence-corrected chi connectivity index (χ0v) is 11.4. The molecule has 0 aliphatic heterocycles. The van der Waals surface area contributed by atoms with Gasteiger partial charge in [0.25, 0.3) is 0 Å². The summed E-state index contributed by atoms with van der Waals surface area (Å²) in [6.07, 6.45) is 5.48. The van der Waals surface area contributed by atoms with Crippen LogP contribution < -0.4 is 5.32 Å². The number of hydrogen-bond donors (Lipinski definition) is 1. The van der Waals surface area contributed by atoms with E-state index in [-0.39, 0.29) is 0 Å². The first kappa shape index (κ1) is 12.6. The van der Waals surface area contributed by atoms with Gasteiger partial charge in [0.2, 0.25) is 0 Å². The van der Waals surface area contributed by atoms with Crippen LogP contribution in [-0.2, 0) is 0 Å². The van der Waals surface area contributed by atoms with Gasteiger partial charge >= 0.3 is 0 Å². The van der Waals surface area contributed by atoms with Crippen LogP contribution >= 0.6 is 0 Å². The molecule has 2 unspecified atom stereocenters. The first-order valence-electron chi connectivity index (χ1n) is 7.01. The molecule has 1 aromatic rings. The SMILES string of the molecule is CCC1CCC(N[C@@H](C)c2cccc(C)c2)C1. The zero-order chi connectivity index (χ0) is 12.3. The Morgan fingerprint density at radius 3 is 2.82 bits per heavy atom. The maximum atomic E-state index is 3.79. The van der Waals surface area contributed by atoms with E-state index in [9.17, 15) is 0 Å². The number of aryl methyl sites for hydroxylation is 1. The molecule has 0 radical (unpaired) electrons. The molecule has 1 aromatic carbocycles. The van der Waals surface area contributed by atoms with Crippen molar-refractivity contribution in [3.8, 4) is 0 Å². The highest BCUT2D eigenvalue weighted by molar-refractivity contribution is 5.24. The summed E-state index contributed by atoms with van der Waals surface area (Å²) in [6.45, 7) is 6.77. The van der Waals surface area contributed by atoms with Crippen molar-refractivity contribution in [3.05, 3.63) is 35.4 Å². The minimum absolute atomic E-state index is 0.482. The monoisotopic (exact) mass is 231 g/mol. The van der Waals surface area contributed by atoms with Crippen LogP contribution in [0.5, 0.6) is 0 Å². The first-order valence-corrected chi connectivity index (χ1v) is 7.01. The van der Waals surface area contributed by atoms with Crippen molar-refractivity contribution in [2.24, 2.45) is 5.92 Å². The van der Waals surface area contributed by atoms with Crippen LogP contribution in [0.15, 0.2) is 24.3 Å². The highest BCUT2D eigenvalue weighted by Crippen LogP contribution is 2.29. The molecule has 1 nitrogen and oxygen atoms in total. The second kappa shape index (κ2) is 5.68. The molecule has 1 aliphatic rings. The Balaban J connectivity index is 1.91. The van der Waals surface area contributed by atoms with E-state index < -0.39 is 0 Å². The van der Waals surface area contributed by atoms with Crippen LogP contribution in [0.4, 0.5) is 0 Å². The Morgan fingerprint density at radius 2 is 2.18 bits per heavy atom. The molecule has 17 heavy (non-hydrogen) atoms. The van der Waals surface area contributed by atoms with Crippen LogP contribution in [-0.4, -0.2) is 6.04 Å². The second-order valence-corrected chi connectivity index (χ2v) is 5.59. The third-order valence-electron chi connectivity index (χ3n) is 4.15. The molecule has 0 saturated heterocycles. The van der Waals surface area contributed by atoms with Crippen molar-refractivity contribution in [3.63, 3.8) is 0 Å². The fourth-order valence-corrected chi connectivity index (χ4v) is 2.99. The molecule has 0 heterocycles. The largest absolute Gasteiger partial charge is 0.307 e. The Kier molecular flexibility index (Phi) is 4.22. The number of hydrogen-bond acceptors (Lipinski definition) is 1. The minimum atomic E-state index is 0.482. The van der Waals surface area contributed by atoms with Crippen LogP contribution in [0, 0.1) is 12.8 Å². The molecule has 94 valence electrons. The van der Waals surface area contributed by atoms with Crippen LogP contribution in [0.1, 0.15) is 56.7 Å². The maximum absolute atomic E-state index is 3.79. The lowest BCUT2D eigenvalue weighted by Crippen LogP contribution is -2.29. The van der Waals surface area contributed by atoms with Crippen molar-refractivity contribution >= 4 is 0 Å². The summed E-state index contributed by atoms with van der Waals surface area (Å²) in [5.41, 5.74) is 2.78. The topological polar surface area (TPSA) is 12.0 Å². The number of benzene rings is 1. The summed E-state index contributed by atoms with van der Waals surface area (Å²) in [5.74, 6) is 0.956. The van der Waals surface area contributed by atoms with Crippen LogP contribution in [0.3, 0.4) is 0 Å². The van der Waals surface area contributed by atoms with E-state index in [1.165, 1.54) is 36.8 Å². The average molecular weight is 231 g/mol. The van der Waals surface area contributed by atoms with Gasteiger partial charge in [0.15, 0.2) is 0 Å². The van der Waals surface area contributed by atoms with E-state index in [0.717, 1.165) is 12.0 Å². The lowest BCUT2D eigenvalue weighted by molar-refractivity contribution is 0.437. The molecule has 3 atom stereocenters. The number of rotatable bonds is 4. The Bertz CT molecular complexity index is 358. The standard InChI is InChI=1S/C16H25N/c1-4-14-8-9-16(11-14)17-13(3)15-7-5-6-12(2)10-15/h5-7,10,13-14,16-17H,4,8-9,11H2,1-3H3/t13-,14?,16?/m0/s1. The normalized spacial score (nSPS) is 26.1. The minimum Gasteiger partial charge on any atom is -0.307 e. The van der Waals surface area contributed by atoms with Crippen molar-refractivity contribution in [1.29, 1.82) is 0 Å². The second-order valence-electron chi connectivity index (χ2n) is 5.59. The van der Waals surface area contributed by atoms with E-state index in [2.05, 4.69) is 50.4 Å². The van der Waals surface area contributed by atoms with Crippen molar-refractivity contribution < 1.29 is 0 Å². The Hall–Kier alpha value is -0.820. The molecule has 2 rings (SSSR count). The van der Waals surface area contributed by atoms with Gasteiger partial charge in [0, 0.05) is 12.1 Å². The van der Waals surface area contributed by atoms with Crippen molar-refractivity contribution in [2.45, 2.75) is 58.5 Å². The average Bonchev–Trinajstić information content (AvgIpc) is 2.77. The van der Waals surface area contributed by atoms with E-state index in [1.807, 2.05) is 0 Å². The van der Waals surface area contributed by atoms with E-state index in [1.54, 1.807) is 0 Å². The van der Waals surface area contributed by atoms with Gasteiger partial charge in [-0.3, -0.25) is 0 Å². The Labute approximate surface area is 106 Å². The summed E-state index contributed by atoms with van der Waals surface area (Å²) < 4.78 is 0. The molecular weight excluding hydrogens is 206 g/mol. The van der Waals surface area contributed by atoms with E-state index >= 15 is 0 Å². The molecule has 1 N–H and O–H groups in total. The van der Waals surface area contributed by atoms with Gasteiger partial charge in [-0.2, -0.15) is 0 Å². The molecule has 1 fully saturated rings. The summed E-state index contributed by atoms with van der Waals surface area (Å²) in [6, 6.07) is 10.1. The summed E-state index contributed by atoms with van der Waals surface area (Å²) in [5, 5.41) is 3.79. The molecule has 0 aromatic heterocycles. The molecule has 1 aliphatic carbocycles. The predicted molar refractivity (Wildman–Crippen MR) is 74.1 cm³/mol. The fourth-order valence-electron chi connectivity index (χ4n) is 2.99. The maximum Gasteiger partial charge on any atom is 0.0294 e. The highest BCUT2D eigenvalue weighted by Gasteiger charge is 2.24. The molecule has 1 heteroatoms. The fraction of sp³-hybridized carbons (Fsp3) is 0.625. The van der Waals surface area contributed by atoms with Crippen molar-refractivity contribution in [2.75, 3.05) is 0 Å². The zero-order valence-electron chi connectivity index (χ0n) is 11.4. The summed E-state index contributed by atoms with van der Waals surface area (Å²) in [4.78, 5) is 0. The van der Waals surface area contributed by atoms with Gasteiger partial charge in [-0.05, 0) is 44.6 Å². The van der Waals surface area contributed by atoms with E-state index in [4.69, 9.17) is 0 Å². The van der Waals surface area contributed by atoms with Gasteiger partial charge in [-0.15, -0.1) is 0 Å². The van der Waals surface area contributed by atoms with Gasteiger partial charge in [-0.1, -0.05) is 43.2 Å². The van der Waals surface area contributed by atoms with Gasteiger partial charge in [-0.25, -0.2) is 0 Å². The summed E-state index contributed by atoms with van der Waals surface area (Å²) >= 11 is 0. The number of nitrogens with one attached hydrogen (secondary N) is 1. The smallest absolute Gasteiger partial charge is 0.0294 e. The lowest BCUT2D eigenvalue weighted by Gasteiger charge is -2.20. The van der Waals surface area contributed by atoms with Gasteiger partial charge < -0.3 is 5.32 Å². The predicted octanol–water partition coefficient (Wildman–Crippen LogP) is 4.22. The quantitative estimate of drug-likeness (QED) is 0.818. The lowest BCUT2D eigenvalue weighted by atomic mass is 10.0. The van der Waals surface area contributed by atoms with Crippen LogP contribution in [0.25, 0.3) is 0 Å².